The molecule has 0 saturated heterocycles. The lowest BCUT2D eigenvalue weighted by Crippen LogP contribution is -2.22. The predicted octanol–water partition coefficient (Wildman–Crippen LogP) is 3.58. The van der Waals surface area contributed by atoms with Crippen LogP contribution in [0, 0.1) is 11.8 Å². The highest BCUT2D eigenvalue weighted by Gasteiger charge is 2.27. The highest BCUT2D eigenvalue weighted by Crippen LogP contribution is 2.36. The van der Waals surface area contributed by atoms with Crippen LogP contribution in [0.15, 0.2) is 5.38 Å². The van der Waals surface area contributed by atoms with Gasteiger partial charge in [-0.15, -0.1) is 11.3 Å². The molecule has 1 atom stereocenters. The molecule has 0 aliphatic heterocycles. The third kappa shape index (κ3) is 3.78. The van der Waals surface area contributed by atoms with E-state index in [4.69, 9.17) is 4.98 Å². The van der Waals surface area contributed by atoms with Crippen molar-refractivity contribution in [2.45, 2.75) is 52.5 Å². The minimum atomic E-state index is 0.185. The molecule has 0 spiro atoms. The van der Waals surface area contributed by atoms with E-state index in [1.54, 1.807) is 11.3 Å². The van der Waals surface area contributed by atoms with Gasteiger partial charge in [-0.25, -0.2) is 4.98 Å². The normalized spacial score (nSPS) is 18.4. The SMILES string of the molecule is CC(CNCc1csc(C(C)(C)C)n1)C1CC1. The van der Waals surface area contributed by atoms with E-state index in [-0.39, 0.29) is 5.41 Å². The molecular weight excluding hydrogens is 228 g/mol. The average molecular weight is 252 g/mol. The standard InChI is InChI=1S/C14H24N2S/c1-10(11-5-6-11)7-15-8-12-9-17-13(16-12)14(2,3)4/h9-11,15H,5-8H2,1-4H3. The summed E-state index contributed by atoms with van der Waals surface area (Å²) >= 11 is 1.78. The zero-order chi connectivity index (χ0) is 12.5. The zero-order valence-corrected chi connectivity index (χ0v) is 12.2. The van der Waals surface area contributed by atoms with Gasteiger partial charge in [0, 0.05) is 17.3 Å². The number of thiazole rings is 1. The van der Waals surface area contributed by atoms with Crippen LogP contribution in [0.4, 0.5) is 0 Å². The lowest BCUT2D eigenvalue weighted by Gasteiger charge is -2.13. The number of hydrogen-bond acceptors (Lipinski definition) is 3. The Bertz CT molecular complexity index is 361. The molecule has 0 amide bonds. The van der Waals surface area contributed by atoms with Crippen molar-refractivity contribution in [3.63, 3.8) is 0 Å². The fraction of sp³-hybridized carbons (Fsp3) is 0.786. The minimum Gasteiger partial charge on any atom is -0.311 e. The second kappa shape index (κ2) is 5.07. The first-order valence-electron chi connectivity index (χ1n) is 6.62. The highest BCUT2D eigenvalue weighted by atomic mass is 32.1. The molecule has 1 aliphatic rings. The highest BCUT2D eigenvalue weighted by molar-refractivity contribution is 7.09. The number of hydrogen-bond donors (Lipinski definition) is 1. The lowest BCUT2D eigenvalue weighted by molar-refractivity contribution is 0.459. The third-order valence-corrected chi connectivity index (χ3v) is 4.71. The molecule has 1 aromatic heterocycles. The van der Waals surface area contributed by atoms with Crippen LogP contribution in [0.25, 0.3) is 0 Å². The van der Waals surface area contributed by atoms with Crippen molar-refractivity contribution in [2.24, 2.45) is 11.8 Å². The number of nitrogens with zero attached hydrogens (tertiary/aromatic N) is 1. The molecule has 1 heterocycles. The quantitative estimate of drug-likeness (QED) is 0.866. The Hall–Kier alpha value is -0.410. The van der Waals surface area contributed by atoms with Crippen molar-refractivity contribution in [3.8, 4) is 0 Å². The van der Waals surface area contributed by atoms with E-state index in [1.165, 1.54) is 23.5 Å². The van der Waals surface area contributed by atoms with Gasteiger partial charge in [0.15, 0.2) is 0 Å². The maximum Gasteiger partial charge on any atom is 0.0982 e. The molecule has 2 nitrogen and oxygen atoms in total. The van der Waals surface area contributed by atoms with E-state index < -0.39 is 0 Å². The maximum absolute atomic E-state index is 4.69. The summed E-state index contributed by atoms with van der Waals surface area (Å²) in [6, 6.07) is 0. The summed E-state index contributed by atoms with van der Waals surface area (Å²) in [7, 11) is 0. The molecule has 0 bridgehead atoms. The molecule has 2 rings (SSSR count). The van der Waals surface area contributed by atoms with E-state index in [0.717, 1.165) is 24.9 Å². The third-order valence-electron chi connectivity index (χ3n) is 3.39. The van der Waals surface area contributed by atoms with Gasteiger partial charge in [-0.3, -0.25) is 0 Å². The molecule has 1 N–H and O–H groups in total. The summed E-state index contributed by atoms with van der Waals surface area (Å²) in [5, 5.41) is 6.96. The summed E-state index contributed by atoms with van der Waals surface area (Å²) in [5.41, 5.74) is 1.38. The average Bonchev–Trinajstić information content (AvgIpc) is 2.97. The molecule has 1 aromatic rings. The van der Waals surface area contributed by atoms with Crippen LogP contribution >= 0.6 is 11.3 Å². The van der Waals surface area contributed by atoms with Crippen LogP contribution in [0.5, 0.6) is 0 Å². The van der Waals surface area contributed by atoms with Gasteiger partial charge >= 0.3 is 0 Å². The van der Waals surface area contributed by atoms with Gasteiger partial charge in [0.2, 0.25) is 0 Å². The summed E-state index contributed by atoms with van der Waals surface area (Å²) in [6.45, 7) is 11.1. The van der Waals surface area contributed by atoms with Crippen LogP contribution < -0.4 is 5.32 Å². The minimum absolute atomic E-state index is 0.185. The van der Waals surface area contributed by atoms with Gasteiger partial charge < -0.3 is 5.32 Å². The first-order chi connectivity index (χ1) is 7.97. The lowest BCUT2D eigenvalue weighted by atomic mass is 9.98. The van der Waals surface area contributed by atoms with Crippen molar-refractivity contribution in [1.29, 1.82) is 0 Å². The van der Waals surface area contributed by atoms with Gasteiger partial charge in [-0.2, -0.15) is 0 Å². The second-order valence-corrected chi connectivity index (χ2v) is 7.20. The van der Waals surface area contributed by atoms with E-state index >= 15 is 0 Å². The van der Waals surface area contributed by atoms with Crippen molar-refractivity contribution in [2.75, 3.05) is 6.54 Å². The zero-order valence-electron chi connectivity index (χ0n) is 11.4. The summed E-state index contributed by atoms with van der Waals surface area (Å²) in [4.78, 5) is 4.69. The fourth-order valence-electron chi connectivity index (χ4n) is 1.99. The Kier molecular flexibility index (Phi) is 3.88. The topological polar surface area (TPSA) is 24.9 Å². The monoisotopic (exact) mass is 252 g/mol. The first kappa shape index (κ1) is 13.0. The Morgan fingerprint density at radius 2 is 2.18 bits per heavy atom. The van der Waals surface area contributed by atoms with E-state index in [0.29, 0.717) is 0 Å². The summed E-state index contributed by atoms with van der Waals surface area (Å²) in [6.07, 6.45) is 2.88. The van der Waals surface area contributed by atoms with Gasteiger partial charge in [0.25, 0.3) is 0 Å². The number of nitrogens with one attached hydrogen (secondary N) is 1. The molecule has 1 unspecified atom stereocenters. The van der Waals surface area contributed by atoms with Gasteiger partial charge in [-0.1, -0.05) is 27.7 Å². The van der Waals surface area contributed by atoms with Crippen LogP contribution in [-0.4, -0.2) is 11.5 Å². The van der Waals surface area contributed by atoms with Gasteiger partial charge in [-0.05, 0) is 31.2 Å². The summed E-state index contributed by atoms with van der Waals surface area (Å²) in [5.74, 6) is 1.82. The molecule has 1 fully saturated rings. The smallest absolute Gasteiger partial charge is 0.0982 e. The van der Waals surface area contributed by atoms with Gasteiger partial charge in [0.1, 0.15) is 0 Å². The van der Waals surface area contributed by atoms with E-state index in [9.17, 15) is 0 Å². The van der Waals surface area contributed by atoms with E-state index in [2.05, 4.69) is 38.4 Å². The number of rotatable bonds is 5. The van der Waals surface area contributed by atoms with Crippen molar-refractivity contribution >= 4 is 11.3 Å². The van der Waals surface area contributed by atoms with Crippen LogP contribution in [0.1, 0.15) is 51.2 Å². The molecule has 1 saturated carbocycles. The molecular formula is C14H24N2S. The van der Waals surface area contributed by atoms with Gasteiger partial charge in [0.05, 0.1) is 10.7 Å². The Morgan fingerprint density at radius 3 is 2.71 bits per heavy atom. The molecule has 1 aliphatic carbocycles. The molecule has 3 heteroatoms. The summed E-state index contributed by atoms with van der Waals surface area (Å²) < 4.78 is 0. The first-order valence-corrected chi connectivity index (χ1v) is 7.50. The van der Waals surface area contributed by atoms with Crippen LogP contribution in [-0.2, 0) is 12.0 Å². The Labute approximate surface area is 109 Å². The number of aromatic nitrogens is 1. The van der Waals surface area contributed by atoms with Crippen molar-refractivity contribution in [3.05, 3.63) is 16.1 Å². The Balaban J connectivity index is 1.77. The van der Waals surface area contributed by atoms with Crippen molar-refractivity contribution in [1.82, 2.24) is 10.3 Å². The van der Waals surface area contributed by atoms with E-state index in [1.807, 2.05) is 0 Å². The Morgan fingerprint density at radius 1 is 1.47 bits per heavy atom. The van der Waals surface area contributed by atoms with Crippen LogP contribution in [0.3, 0.4) is 0 Å². The fourth-order valence-corrected chi connectivity index (χ4v) is 2.90. The molecule has 0 aromatic carbocycles. The molecule has 0 radical (unpaired) electrons. The van der Waals surface area contributed by atoms with Crippen molar-refractivity contribution < 1.29 is 0 Å². The molecule has 17 heavy (non-hydrogen) atoms. The van der Waals surface area contributed by atoms with Crippen LogP contribution in [0.2, 0.25) is 0 Å². The predicted molar refractivity (Wildman–Crippen MR) is 74.4 cm³/mol. The molecule has 96 valence electrons. The maximum atomic E-state index is 4.69. The second-order valence-electron chi connectivity index (χ2n) is 6.34. The largest absolute Gasteiger partial charge is 0.311 e.